The number of nitrogens with two attached hydrogens (primary N) is 1. The van der Waals surface area contributed by atoms with Gasteiger partial charge in [-0.15, -0.1) is 0 Å². The van der Waals surface area contributed by atoms with Crippen LogP contribution >= 0.6 is 0 Å². The zero-order chi connectivity index (χ0) is 18.2. The van der Waals surface area contributed by atoms with Gasteiger partial charge in [0.15, 0.2) is 0 Å². The quantitative estimate of drug-likeness (QED) is 0.782. The van der Waals surface area contributed by atoms with Gasteiger partial charge < -0.3 is 16.0 Å². The van der Waals surface area contributed by atoms with Crippen molar-refractivity contribution >= 4 is 17.7 Å². The van der Waals surface area contributed by atoms with E-state index in [2.05, 4.69) is 5.32 Å². The SMILES string of the molecule is CC(NC(=O)CCCc1ccccc1)C(=O)N1CCCC[C@H]1C(N)=O. The Morgan fingerprint density at radius 1 is 1.24 bits per heavy atom. The van der Waals surface area contributed by atoms with Gasteiger partial charge in [-0.1, -0.05) is 30.3 Å². The number of nitrogens with zero attached hydrogens (tertiary/aromatic N) is 1. The highest BCUT2D eigenvalue weighted by molar-refractivity contribution is 5.91. The normalized spacial score (nSPS) is 18.4. The number of nitrogens with one attached hydrogen (secondary N) is 1. The fourth-order valence-corrected chi connectivity index (χ4v) is 3.21. The van der Waals surface area contributed by atoms with Crippen LogP contribution in [0.4, 0.5) is 0 Å². The molecule has 6 nitrogen and oxygen atoms in total. The number of aryl methyl sites for hydroxylation is 1. The van der Waals surface area contributed by atoms with Crippen molar-refractivity contribution in [1.82, 2.24) is 10.2 Å². The number of carbonyl (C=O) groups excluding carboxylic acids is 3. The summed E-state index contributed by atoms with van der Waals surface area (Å²) in [7, 11) is 0. The van der Waals surface area contributed by atoms with Crippen LogP contribution in [0, 0.1) is 0 Å². The number of hydrogen-bond donors (Lipinski definition) is 2. The van der Waals surface area contributed by atoms with Crippen LogP contribution in [0.2, 0.25) is 0 Å². The third-order valence-electron chi connectivity index (χ3n) is 4.57. The molecule has 0 saturated carbocycles. The van der Waals surface area contributed by atoms with Crippen LogP contribution < -0.4 is 11.1 Å². The molecule has 6 heteroatoms. The summed E-state index contributed by atoms with van der Waals surface area (Å²) in [5.41, 5.74) is 6.59. The van der Waals surface area contributed by atoms with Gasteiger partial charge in [0, 0.05) is 13.0 Å². The van der Waals surface area contributed by atoms with Gasteiger partial charge in [0.2, 0.25) is 17.7 Å². The molecule has 136 valence electrons. The van der Waals surface area contributed by atoms with Crippen molar-refractivity contribution in [2.75, 3.05) is 6.54 Å². The number of benzene rings is 1. The third-order valence-corrected chi connectivity index (χ3v) is 4.57. The van der Waals surface area contributed by atoms with Crippen LogP contribution in [-0.2, 0) is 20.8 Å². The van der Waals surface area contributed by atoms with Gasteiger partial charge in [-0.25, -0.2) is 0 Å². The molecule has 1 unspecified atom stereocenters. The molecule has 1 aromatic carbocycles. The van der Waals surface area contributed by atoms with Crippen molar-refractivity contribution in [2.45, 2.75) is 57.5 Å². The van der Waals surface area contributed by atoms with Gasteiger partial charge in [0.05, 0.1) is 0 Å². The summed E-state index contributed by atoms with van der Waals surface area (Å²) < 4.78 is 0. The molecule has 0 spiro atoms. The van der Waals surface area contributed by atoms with Gasteiger partial charge in [-0.05, 0) is 44.6 Å². The highest BCUT2D eigenvalue weighted by Gasteiger charge is 2.33. The smallest absolute Gasteiger partial charge is 0.245 e. The highest BCUT2D eigenvalue weighted by atomic mass is 16.2. The van der Waals surface area contributed by atoms with Crippen molar-refractivity contribution < 1.29 is 14.4 Å². The largest absolute Gasteiger partial charge is 0.368 e. The Bertz CT molecular complexity index is 603. The molecule has 2 atom stereocenters. The molecule has 3 N–H and O–H groups in total. The average molecular weight is 345 g/mol. The molecular formula is C19H27N3O3. The summed E-state index contributed by atoms with van der Waals surface area (Å²) in [6.07, 6.45) is 4.26. The molecule has 2 rings (SSSR count). The van der Waals surface area contributed by atoms with Crippen molar-refractivity contribution in [3.63, 3.8) is 0 Å². The monoisotopic (exact) mass is 345 g/mol. The maximum absolute atomic E-state index is 12.5. The van der Waals surface area contributed by atoms with Crippen molar-refractivity contribution in [3.8, 4) is 0 Å². The topological polar surface area (TPSA) is 92.5 Å². The van der Waals surface area contributed by atoms with Crippen molar-refractivity contribution in [1.29, 1.82) is 0 Å². The number of likely N-dealkylation sites (tertiary alicyclic amines) is 1. The molecular weight excluding hydrogens is 318 g/mol. The Morgan fingerprint density at radius 3 is 2.64 bits per heavy atom. The molecule has 1 saturated heterocycles. The predicted molar refractivity (Wildman–Crippen MR) is 95.5 cm³/mol. The summed E-state index contributed by atoms with van der Waals surface area (Å²) >= 11 is 0. The summed E-state index contributed by atoms with van der Waals surface area (Å²) in [5.74, 6) is -0.862. The maximum atomic E-state index is 12.5. The molecule has 3 amide bonds. The van der Waals surface area contributed by atoms with E-state index < -0.39 is 18.0 Å². The van der Waals surface area contributed by atoms with E-state index in [4.69, 9.17) is 5.73 Å². The fraction of sp³-hybridized carbons (Fsp3) is 0.526. The Hall–Kier alpha value is -2.37. The highest BCUT2D eigenvalue weighted by Crippen LogP contribution is 2.17. The van der Waals surface area contributed by atoms with E-state index in [1.165, 1.54) is 10.5 Å². The lowest BCUT2D eigenvalue weighted by Crippen LogP contribution is -2.56. The second-order valence-corrected chi connectivity index (χ2v) is 6.57. The average Bonchev–Trinajstić information content (AvgIpc) is 2.61. The van der Waals surface area contributed by atoms with Crippen molar-refractivity contribution in [2.24, 2.45) is 5.73 Å². The summed E-state index contributed by atoms with van der Waals surface area (Å²) in [6.45, 7) is 2.17. The fourth-order valence-electron chi connectivity index (χ4n) is 3.21. The Balaban J connectivity index is 1.79. The van der Waals surface area contributed by atoms with Gasteiger partial charge in [-0.3, -0.25) is 14.4 Å². The molecule has 1 aliphatic rings. The second kappa shape index (κ2) is 9.20. The minimum Gasteiger partial charge on any atom is -0.368 e. The zero-order valence-electron chi connectivity index (χ0n) is 14.7. The lowest BCUT2D eigenvalue weighted by Gasteiger charge is -2.35. The van der Waals surface area contributed by atoms with Crippen LogP contribution in [0.25, 0.3) is 0 Å². The summed E-state index contributed by atoms with van der Waals surface area (Å²) in [4.78, 5) is 37.7. The summed E-state index contributed by atoms with van der Waals surface area (Å²) in [5, 5.41) is 2.74. The first-order chi connectivity index (χ1) is 12.0. The lowest BCUT2D eigenvalue weighted by atomic mass is 10.0. The number of carbonyl (C=O) groups is 3. The number of piperidine rings is 1. The van der Waals surface area contributed by atoms with E-state index in [9.17, 15) is 14.4 Å². The minimum atomic E-state index is -0.649. The number of rotatable bonds is 7. The van der Waals surface area contributed by atoms with Crippen LogP contribution in [0.1, 0.15) is 44.6 Å². The van der Waals surface area contributed by atoms with Crippen LogP contribution in [0.3, 0.4) is 0 Å². The Kier molecular flexibility index (Phi) is 6.98. The van der Waals surface area contributed by atoms with E-state index in [-0.39, 0.29) is 11.8 Å². The van der Waals surface area contributed by atoms with E-state index in [0.717, 1.165) is 25.7 Å². The zero-order valence-corrected chi connectivity index (χ0v) is 14.7. The molecule has 0 aliphatic carbocycles. The first-order valence-corrected chi connectivity index (χ1v) is 8.92. The van der Waals surface area contributed by atoms with E-state index >= 15 is 0 Å². The molecule has 1 fully saturated rings. The van der Waals surface area contributed by atoms with Gasteiger partial charge >= 0.3 is 0 Å². The lowest BCUT2D eigenvalue weighted by molar-refractivity contribution is -0.143. The van der Waals surface area contributed by atoms with Gasteiger partial charge in [0.25, 0.3) is 0 Å². The molecule has 0 bridgehead atoms. The molecule has 1 aliphatic heterocycles. The molecule has 1 aromatic rings. The first kappa shape index (κ1) is 19.0. The molecule has 0 radical (unpaired) electrons. The maximum Gasteiger partial charge on any atom is 0.245 e. The van der Waals surface area contributed by atoms with Crippen LogP contribution in [-0.4, -0.2) is 41.2 Å². The van der Waals surface area contributed by atoms with Crippen molar-refractivity contribution in [3.05, 3.63) is 35.9 Å². The van der Waals surface area contributed by atoms with E-state index in [0.29, 0.717) is 19.4 Å². The van der Waals surface area contributed by atoms with Gasteiger partial charge in [0.1, 0.15) is 12.1 Å². The predicted octanol–water partition coefficient (Wildman–Crippen LogP) is 1.38. The van der Waals surface area contributed by atoms with Gasteiger partial charge in [-0.2, -0.15) is 0 Å². The van der Waals surface area contributed by atoms with E-state index in [1.54, 1.807) is 6.92 Å². The second-order valence-electron chi connectivity index (χ2n) is 6.57. The molecule has 0 aromatic heterocycles. The molecule has 25 heavy (non-hydrogen) atoms. The summed E-state index contributed by atoms with van der Waals surface area (Å²) in [6, 6.07) is 8.77. The van der Waals surface area contributed by atoms with Crippen LogP contribution in [0.5, 0.6) is 0 Å². The number of primary amides is 1. The van der Waals surface area contributed by atoms with Crippen LogP contribution in [0.15, 0.2) is 30.3 Å². The standard InChI is InChI=1S/C19H27N3O3/c1-14(19(25)22-13-6-5-11-16(22)18(20)24)21-17(23)12-7-10-15-8-3-2-4-9-15/h2-4,8-9,14,16H,5-7,10-13H2,1H3,(H2,20,24)(H,21,23)/t14?,16-/m0/s1. The minimum absolute atomic E-state index is 0.149. The first-order valence-electron chi connectivity index (χ1n) is 8.92. The Labute approximate surface area is 148 Å². The number of amides is 3. The Morgan fingerprint density at radius 2 is 1.96 bits per heavy atom. The van der Waals surface area contributed by atoms with E-state index in [1.807, 2.05) is 30.3 Å². The number of hydrogen-bond acceptors (Lipinski definition) is 3. The molecule has 1 heterocycles. The third kappa shape index (κ3) is 5.59.